The third-order valence-corrected chi connectivity index (χ3v) is 5.33. The van der Waals surface area contributed by atoms with E-state index in [0.717, 1.165) is 11.8 Å². The van der Waals surface area contributed by atoms with Crippen LogP contribution < -0.4 is 10.1 Å². The molecule has 10 nitrogen and oxygen atoms in total. The van der Waals surface area contributed by atoms with Crippen LogP contribution in [0.5, 0.6) is 5.75 Å². The summed E-state index contributed by atoms with van der Waals surface area (Å²) in [5.74, 6) is 0.555. The van der Waals surface area contributed by atoms with Gasteiger partial charge in [0.05, 0.1) is 24.2 Å². The number of methoxy groups -OCH3 is 1. The molecule has 3 aromatic rings. The molecule has 0 atom stereocenters. The van der Waals surface area contributed by atoms with Crippen LogP contribution in [0.15, 0.2) is 53.7 Å². The number of hydrogen-bond donors (Lipinski definition) is 1. The van der Waals surface area contributed by atoms with Crippen molar-refractivity contribution in [2.45, 2.75) is 11.6 Å². The van der Waals surface area contributed by atoms with Gasteiger partial charge in [-0.3, -0.25) is 19.7 Å². The lowest BCUT2D eigenvalue weighted by Crippen LogP contribution is -2.17. The minimum Gasteiger partial charge on any atom is -0.497 e. The normalized spacial score (nSPS) is 10.5. The molecule has 0 fully saturated rings. The number of hydrogen-bond acceptors (Lipinski definition) is 8. The van der Waals surface area contributed by atoms with E-state index in [0.29, 0.717) is 22.4 Å². The van der Waals surface area contributed by atoms with Gasteiger partial charge in [0, 0.05) is 36.5 Å². The Labute approximate surface area is 181 Å². The van der Waals surface area contributed by atoms with Crippen molar-refractivity contribution in [1.82, 2.24) is 14.8 Å². The lowest BCUT2D eigenvalue weighted by atomic mass is 10.1. The molecule has 1 amide bonds. The summed E-state index contributed by atoms with van der Waals surface area (Å²) in [4.78, 5) is 35.0. The van der Waals surface area contributed by atoms with Crippen LogP contribution in [0.1, 0.15) is 16.2 Å². The van der Waals surface area contributed by atoms with Crippen molar-refractivity contribution in [2.75, 3.05) is 18.2 Å². The van der Waals surface area contributed by atoms with Gasteiger partial charge in [-0.1, -0.05) is 30.0 Å². The van der Waals surface area contributed by atoms with Gasteiger partial charge in [-0.2, -0.15) is 0 Å². The van der Waals surface area contributed by atoms with Crippen LogP contribution in [0.25, 0.3) is 0 Å². The Kier molecular flexibility index (Phi) is 6.98. The zero-order chi connectivity index (χ0) is 22.4. The van der Waals surface area contributed by atoms with Crippen LogP contribution in [-0.4, -0.2) is 44.2 Å². The molecule has 11 heteroatoms. The fraction of sp³-hybridized carbons (Fsp3) is 0.200. The lowest BCUT2D eigenvalue weighted by Gasteiger charge is -2.07. The molecule has 0 aliphatic carbocycles. The van der Waals surface area contributed by atoms with Crippen LogP contribution in [0.3, 0.4) is 0 Å². The monoisotopic (exact) mass is 441 g/mol. The largest absolute Gasteiger partial charge is 0.497 e. The van der Waals surface area contributed by atoms with E-state index in [1.165, 1.54) is 24.3 Å². The first-order valence-electron chi connectivity index (χ1n) is 9.10. The zero-order valence-electron chi connectivity index (χ0n) is 16.8. The van der Waals surface area contributed by atoms with E-state index in [2.05, 4.69) is 15.5 Å². The van der Waals surface area contributed by atoms with Crippen LogP contribution in [-0.2, 0) is 18.3 Å². The smallest absolute Gasteiger partial charge is 0.270 e. The molecule has 1 N–H and O–H groups in total. The van der Waals surface area contributed by atoms with E-state index >= 15 is 0 Å². The van der Waals surface area contributed by atoms with Gasteiger partial charge < -0.3 is 14.6 Å². The van der Waals surface area contributed by atoms with E-state index in [1.54, 1.807) is 43.0 Å². The summed E-state index contributed by atoms with van der Waals surface area (Å²) in [7, 11) is 3.25. The average molecular weight is 441 g/mol. The maximum absolute atomic E-state index is 12.4. The molecule has 0 aliphatic heterocycles. The van der Waals surface area contributed by atoms with Gasteiger partial charge in [0.15, 0.2) is 10.9 Å². The number of nitro groups is 1. The number of nitrogens with zero attached hydrogens (tertiary/aromatic N) is 4. The number of carbonyl (C=O) groups is 2. The van der Waals surface area contributed by atoms with E-state index in [4.69, 9.17) is 4.74 Å². The number of benzene rings is 2. The average Bonchev–Trinajstić information content (AvgIpc) is 3.11. The van der Waals surface area contributed by atoms with Crippen molar-refractivity contribution < 1.29 is 19.2 Å². The highest BCUT2D eigenvalue weighted by atomic mass is 32.2. The number of thioether (sulfide) groups is 1. The maximum atomic E-state index is 12.4. The first-order chi connectivity index (χ1) is 14.9. The predicted molar refractivity (Wildman–Crippen MR) is 114 cm³/mol. The quantitative estimate of drug-likeness (QED) is 0.232. The van der Waals surface area contributed by atoms with Crippen molar-refractivity contribution in [3.63, 3.8) is 0 Å². The highest BCUT2D eigenvalue weighted by Gasteiger charge is 2.16. The molecular weight excluding hydrogens is 422 g/mol. The van der Waals surface area contributed by atoms with E-state index in [1.807, 2.05) is 0 Å². The number of anilines is 1. The number of nitrogens with one attached hydrogen (secondary N) is 1. The molecule has 31 heavy (non-hydrogen) atoms. The molecule has 0 aliphatic rings. The second kappa shape index (κ2) is 9.85. The number of non-ortho nitro benzene ring substituents is 1. The van der Waals surface area contributed by atoms with Crippen molar-refractivity contribution >= 4 is 34.8 Å². The number of nitro benzene ring substituents is 1. The van der Waals surface area contributed by atoms with E-state index in [-0.39, 0.29) is 35.1 Å². The summed E-state index contributed by atoms with van der Waals surface area (Å²) in [5, 5.41) is 22.2. The Morgan fingerprint density at radius 1 is 1.19 bits per heavy atom. The number of amides is 1. The van der Waals surface area contributed by atoms with Crippen LogP contribution in [0.2, 0.25) is 0 Å². The Balaban J connectivity index is 1.59. The third-order valence-electron chi connectivity index (χ3n) is 4.31. The van der Waals surface area contributed by atoms with Crippen LogP contribution in [0.4, 0.5) is 11.4 Å². The summed E-state index contributed by atoms with van der Waals surface area (Å²) in [6.45, 7) is 0. The molecule has 0 unspecified atom stereocenters. The fourth-order valence-electron chi connectivity index (χ4n) is 2.68. The van der Waals surface area contributed by atoms with Crippen molar-refractivity contribution in [2.24, 2.45) is 7.05 Å². The molecule has 1 aromatic heterocycles. The number of rotatable bonds is 9. The fourth-order valence-corrected chi connectivity index (χ4v) is 3.51. The first-order valence-corrected chi connectivity index (χ1v) is 10.1. The Morgan fingerprint density at radius 2 is 1.97 bits per heavy atom. The first kappa shape index (κ1) is 22.0. The van der Waals surface area contributed by atoms with Crippen molar-refractivity contribution in [1.29, 1.82) is 0 Å². The second-order valence-corrected chi connectivity index (χ2v) is 7.38. The molecule has 0 saturated carbocycles. The minimum absolute atomic E-state index is 0.0000954. The molecule has 3 rings (SSSR count). The topological polar surface area (TPSA) is 129 Å². The van der Waals surface area contributed by atoms with Crippen LogP contribution in [0, 0.1) is 10.1 Å². The molecule has 2 aromatic carbocycles. The van der Waals surface area contributed by atoms with E-state index in [9.17, 15) is 19.7 Å². The summed E-state index contributed by atoms with van der Waals surface area (Å²) in [6, 6.07) is 12.6. The standard InChI is InChI=1S/C20H19N5O5S/c1-24-18(11-19(27)21-14-6-4-8-16(10-14)30-2)22-23-20(24)31-12-17(26)13-5-3-7-15(9-13)25(28)29/h3-10H,11-12H2,1-2H3,(H,21,27). The predicted octanol–water partition coefficient (Wildman–Crippen LogP) is 2.89. The molecule has 1 heterocycles. The summed E-state index contributed by atoms with van der Waals surface area (Å²) < 4.78 is 6.77. The molecule has 0 saturated heterocycles. The molecule has 0 spiro atoms. The Morgan fingerprint density at radius 3 is 2.71 bits per heavy atom. The molecule has 0 bridgehead atoms. The number of aromatic nitrogens is 3. The molecular formula is C20H19N5O5S. The molecule has 0 radical (unpaired) electrons. The molecule has 160 valence electrons. The van der Waals surface area contributed by atoms with Crippen LogP contribution >= 0.6 is 11.8 Å². The Bertz CT molecular complexity index is 1130. The van der Waals surface area contributed by atoms with Gasteiger partial charge >= 0.3 is 0 Å². The van der Waals surface area contributed by atoms with Crippen molar-refractivity contribution in [3.8, 4) is 5.75 Å². The number of ketones is 1. The highest BCUT2D eigenvalue weighted by Crippen LogP contribution is 2.20. The lowest BCUT2D eigenvalue weighted by molar-refractivity contribution is -0.384. The Hall–Kier alpha value is -3.73. The zero-order valence-corrected chi connectivity index (χ0v) is 17.6. The van der Waals surface area contributed by atoms with Gasteiger partial charge in [-0.05, 0) is 12.1 Å². The number of ether oxygens (including phenoxy) is 1. The van der Waals surface area contributed by atoms with Gasteiger partial charge in [0.2, 0.25) is 5.91 Å². The van der Waals surface area contributed by atoms with Crippen molar-refractivity contribution in [3.05, 3.63) is 70.0 Å². The summed E-state index contributed by atoms with van der Waals surface area (Å²) in [6.07, 6.45) is 0.0000954. The summed E-state index contributed by atoms with van der Waals surface area (Å²) >= 11 is 1.14. The van der Waals surface area contributed by atoms with Gasteiger partial charge in [0.1, 0.15) is 11.6 Å². The number of Topliss-reactive ketones (excluding diaryl/α,β-unsaturated/α-hetero) is 1. The minimum atomic E-state index is -0.546. The van der Waals surface area contributed by atoms with Gasteiger partial charge in [-0.25, -0.2) is 0 Å². The maximum Gasteiger partial charge on any atom is 0.270 e. The second-order valence-electron chi connectivity index (χ2n) is 6.43. The number of carbonyl (C=O) groups excluding carboxylic acids is 2. The SMILES string of the molecule is COc1cccc(NC(=O)Cc2nnc(SCC(=O)c3cccc([N+](=O)[O-])c3)n2C)c1. The van der Waals surface area contributed by atoms with Gasteiger partial charge in [0.25, 0.3) is 5.69 Å². The highest BCUT2D eigenvalue weighted by molar-refractivity contribution is 7.99. The van der Waals surface area contributed by atoms with E-state index < -0.39 is 4.92 Å². The third kappa shape index (κ3) is 5.66. The van der Waals surface area contributed by atoms with Gasteiger partial charge in [-0.15, -0.1) is 10.2 Å². The summed E-state index contributed by atoms with van der Waals surface area (Å²) in [5.41, 5.74) is 0.712.